The van der Waals surface area contributed by atoms with Crippen molar-refractivity contribution in [1.29, 1.82) is 0 Å². The first kappa shape index (κ1) is 25.5. The SMILES string of the molecule is CC1=CC(OCc2ncc(F)cc2F)=C(Cl)CN1c1cc(-c2ccnc(-n3nc(C)cc3C)n2)ncc1C. The van der Waals surface area contributed by atoms with E-state index in [0.29, 0.717) is 34.7 Å². The highest BCUT2D eigenvalue weighted by Gasteiger charge is 2.22. The Kier molecular flexibility index (Phi) is 6.90. The van der Waals surface area contributed by atoms with E-state index in [1.807, 2.05) is 44.7 Å². The molecule has 1 aliphatic heterocycles. The number of hydrogen-bond acceptors (Lipinski definition) is 7. The lowest BCUT2D eigenvalue weighted by Gasteiger charge is -2.31. The number of aryl methyl sites for hydroxylation is 3. The summed E-state index contributed by atoms with van der Waals surface area (Å²) in [5, 5.41) is 4.91. The number of hydrogen-bond donors (Lipinski definition) is 0. The van der Waals surface area contributed by atoms with Crippen molar-refractivity contribution in [2.75, 3.05) is 11.4 Å². The summed E-state index contributed by atoms with van der Waals surface area (Å²) in [6.45, 7) is 7.92. The highest BCUT2D eigenvalue weighted by Crippen LogP contribution is 2.33. The van der Waals surface area contributed by atoms with Crippen molar-refractivity contribution in [1.82, 2.24) is 29.7 Å². The predicted octanol–water partition coefficient (Wildman–Crippen LogP) is 5.71. The number of allylic oxidation sites excluding steroid dienone is 2. The summed E-state index contributed by atoms with van der Waals surface area (Å²) in [7, 11) is 0. The van der Waals surface area contributed by atoms with E-state index in [1.54, 1.807) is 29.2 Å². The monoisotopic (exact) mass is 535 g/mol. The molecule has 0 aliphatic carbocycles. The van der Waals surface area contributed by atoms with Crippen molar-refractivity contribution in [2.24, 2.45) is 0 Å². The third kappa shape index (κ3) is 5.12. The Hall–Kier alpha value is -4.18. The van der Waals surface area contributed by atoms with Gasteiger partial charge in [0.1, 0.15) is 23.9 Å². The summed E-state index contributed by atoms with van der Waals surface area (Å²) in [5.41, 5.74) is 5.85. The van der Waals surface area contributed by atoms with Gasteiger partial charge in [0.15, 0.2) is 5.82 Å². The highest BCUT2D eigenvalue weighted by molar-refractivity contribution is 6.30. The van der Waals surface area contributed by atoms with Crippen LogP contribution in [0.1, 0.15) is 29.6 Å². The fraction of sp³-hybridized carbons (Fsp3) is 0.222. The second-order valence-electron chi connectivity index (χ2n) is 8.95. The third-order valence-electron chi connectivity index (χ3n) is 6.05. The number of halogens is 3. The van der Waals surface area contributed by atoms with Gasteiger partial charge in [-0.2, -0.15) is 5.10 Å². The molecule has 4 aromatic rings. The Morgan fingerprint density at radius 1 is 1.00 bits per heavy atom. The molecule has 38 heavy (non-hydrogen) atoms. The Labute approximate surface area is 223 Å². The lowest BCUT2D eigenvalue weighted by Crippen LogP contribution is -2.27. The molecular weight excluding hydrogens is 512 g/mol. The van der Waals surface area contributed by atoms with Gasteiger partial charge in [-0.15, -0.1) is 0 Å². The first-order valence-electron chi connectivity index (χ1n) is 11.8. The van der Waals surface area contributed by atoms with Crippen LogP contribution in [0.15, 0.2) is 65.4 Å². The van der Waals surface area contributed by atoms with Crippen LogP contribution in [0, 0.1) is 32.4 Å². The fourth-order valence-corrected chi connectivity index (χ4v) is 4.37. The van der Waals surface area contributed by atoms with E-state index in [1.165, 1.54) is 0 Å². The maximum absolute atomic E-state index is 14.0. The maximum Gasteiger partial charge on any atom is 0.251 e. The van der Waals surface area contributed by atoms with Crippen LogP contribution in [0.2, 0.25) is 0 Å². The Morgan fingerprint density at radius 3 is 2.55 bits per heavy atom. The largest absolute Gasteiger partial charge is 0.486 e. The topological polar surface area (TPSA) is 81.9 Å². The van der Waals surface area contributed by atoms with Crippen molar-refractivity contribution in [3.8, 4) is 17.3 Å². The Bertz CT molecular complexity index is 1600. The minimum Gasteiger partial charge on any atom is -0.486 e. The van der Waals surface area contributed by atoms with Gasteiger partial charge >= 0.3 is 0 Å². The molecule has 5 heterocycles. The molecule has 0 aromatic carbocycles. The molecule has 0 amide bonds. The number of anilines is 1. The van der Waals surface area contributed by atoms with E-state index < -0.39 is 11.6 Å². The summed E-state index contributed by atoms with van der Waals surface area (Å²) in [5.74, 6) is -0.649. The molecule has 11 heteroatoms. The van der Waals surface area contributed by atoms with E-state index in [0.717, 1.165) is 40.6 Å². The highest BCUT2D eigenvalue weighted by atomic mass is 35.5. The number of ether oxygens (including phenoxy) is 1. The standard InChI is InChI=1S/C27H24ClF2N7O/c1-15-11-32-23(22-5-6-31-27(34-22)37-18(4)7-16(2)35-37)10-25(15)36-13-20(28)26(8-17(36)3)38-14-24-21(30)9-19(29)12-33-24/h5-12H,13-14H2,1-4H3. The van der Waals surface area contributed by atoms with Gasteiger partial charge in [-0.05, 0) is 51.5 Å². The molecule has 0 spiro atoms. The van der Waals surface area contributed by atoms with Gasteiger partial charge in [0.2, 0.25) is 0 Å². The van der Waals surface area contributed by atoms with Crippen molar-refractivity contribution >= 4 is 17.3 Å². The molecule has 0 atom stereocenters. The van der Waals surface area contributed by atoms with Crippen LogP contribution in [0.4, 0.5) is 14.5 Å². The molecule has 0 saturated carbocycles. The third-order valence-corrected chi connectivity index (χ3v) is 6.35. The van der Waals surface area contributed by atoms with Crippen LogP contribution < -0.4 is 4.90 Å². The molecule has 0 unspecified atom stereocenters. The van der Waals surface area contributed by atoms with Crippen molar-refractivity contribution in [3.63, 3.8) is 0 Å². The van der Waals surface area contributed by atoms with Crippen LogP contribution in [0.5, 0.6) is 0 Å². The molecule has 4 aromatic heterocycles. The quantitative estimate of drug-likeness (QED) is 0.312. The molecule has 8 nitrogen and oxygen atoms in total. The van der Waals surface area contributed by atoms with Crippen molar-refractivity contribution in [2.45, 2.75) is 34.3 Å². The van der Waals surface area contributed by atoms with Crippen LogP contribution in [0.3, 0.4) is 0 Å². The predicted molar refractivity (Wildman–Crippen MR) is 140 cm³/mol. The van der Waals surface area contributed by atoms with Crippen molar-refractivity contribution < 1.29 is 13.5 Å². The summed E-state index contributed by atoms with van der Waals surface area (Å²) in [6.07, 6.45) is 6.20. The summed E-state index contributed by atoms with van der Waals surface area (Å²) < 4.78 is 34.5. The molecule has 5 rings (SSSR count). The summed E-state index contributed by atoms with van der Waals surface area (Å²) in [6, 6.07) is 6.49. The molecular formula is C27H24ClF2N7O. The van der Waals surface area contributed by atoms with E-state index in [9.17, 15) is 8.78 Å². The lowest BCUT2D eigenvalue weighted by molar-refractivity contribution is 0.200. The average molecular weight is 536 g/mol. The first-order chi connectivity index (χ1) is 18.2. The van der Waals surface area contributed by atoms with E-state index in [4.69, 9.17) is 21.3 Å². The van der Waals surface area contributed by atoms with Crippen LogP contribution in [-0.2, 0) is 11.3 Å². The Morgan fingerprint density at radius 2 is 1.82 bits per heavy atom. The number of pyridine rings is 2. The zero-order chi connectivity index (χ0) is 27.0. The van der Waals surface area contributed by atoms with Crippen LogP contribution in [-0.4, -0.2) is 36.3 Å². The van der Waals surface area contributed by atoms with Crippen LogP contribution in [0.25, 0.3) is 17.3 Å². The molecule has 0 saturated heterocycles. The van der Waals surface area contributed by atoms with Gasteiger partial charge in [0, 0.05) is 41.6 Å². The van der Waals surface area contributed by atoms with E-state index in [2.05, 4.69) is 20.1 Å². The molecule has 0 N–H and O–H groups in total. The number of aromatic nitrogens is 6. The zero-order valence-electron chi connectivity index (χ0n) is 21.2. The van der Waals surface area contributed by atoms with Gasteiger partial charge in [-0.3, -0.25) is 9.97 Å². The second-order valence-corrected chi connectivity index (χ2v) is 9.40. The van der Waals surface area contributed by atoms with Gasteiger partial charge in [0.05, 0.1) is 34.9 Å². The molecule has 194 valence electrons. The van der Waals surface area contributed by atoms with Gasteiger partial charge < -0.3 is 9.64 Å². The average Bonchev–Trinajstić information content (AvgIpc) is 3.23. The minimum absolute atomic E-state index is 0.00356. The maximum atomic E-state index is 14.0. The van der Waals surface area contributed by atoms with Crippen LogP contribution >= 0.6 is 11.6 Å². The molecule has 0 fully saturated rings. The van der Waals surface area contributed by atoms with E-state index >= 15 is 0 Å². The second kappa shape index (κ2) is 10.3. The normalized spacial score (nSPS) is 13.7. The van der Waals surface area contributed by atoms with Gasteiger partial charge in [-0.1, -0.05) is 11.6 Å². The fourth-order valence-electron chi connectivity index (χ4n) is 4.15. The lowest BCUT2D eigenvalue weighted by atomic mass is 10.1. The summed E-state index contributed by atoms with van der Waals surface area (Å²) in [4.78, 5) is 19.5. The van der Waals surface area contributed by atoms with E-state index in [-0.39, 0.29) is 12.3 Å². The smallest absolute Gasteiger partial charge is 0.251 e. The minimum atomic E-state index is -0.773. The molecule has 1 aliphatic rings. The summed E-state index contributed by atoms with van der Waals surface area (Å²) >= 11 is 6.59. The van der Waals surface area contributed by atoms with Gasteiger partial charge in [0.25, 0.3) is 5.95 Å². The van der Waals surface area contributed by atoms with Crippen molar-refractivity contribution in [3.05, 3.63) is 99.7 Å². The molecule has 0 radical (unpaired) electrons. The zero-order valence-corrected chi connectivity index (χ0v) is 22.0. The molecule has 0 bridgehead atoms. The number of nitrogens with zero attached hydrogens (tertiary/aromatic N) is 7. The number of rotatable bonds is 6. The van der Waals surface area contributed by atoms with Gasteiger partial charge in [-0.25, -0.2) is 23.4 Å². The first-order valence-corrected chi connectivity index (χ1v) is 12.2. The Balaban J connectivity index is 1.39.